The van der Waals surface area contributed by atoms with Crippen molar-refractivity contribution in [2.24, 2.45) is 0 Å². The van der Waals surface area contributed by atoms with Gasteiger partial charge in [0.2, 0.25) is 0 Å². The predicted octanol–water partition coefficient (Wildman–Crippen LogP) is 2.54. The van der Waals surface area contributed by atoms with Crippen LogP contribution in [0.25, 0.3) is 0 Å². The van der Waals surface area contributed by atoms with Crippen LogP contribution in [0.5, 0.6) is 5.75 Å². The van der Waals surface area contributed by atoms with Gasteiger partial charge in [0.15, 0.2) is 0 Å². The molecule has 0 atom stereocenters. The molecule has 2 N–H and O–H groups in total. The smallest absolute Gasteiger partial charge is 0.410 e. The van der Waals surface area contributed by atoms with E-state index in [4.69, 9.17) is 9.29 Å². The fourth-order valence-electron chi connectivity index (χ4n) is 1.47. The second-order valence-corrected chi connectivity index (χ2v) is 5.25. The number of hydrogen-bond acceptors (Lipinski definition) is 4. The second-order valence-electron chi connectivity index (χ2n) is 3.83. The summed E-state index contributed by atoms with van der Waals surface area (Å²) >= 11 is 0. The summed E-state index contributed by atoms with van der Waals surface area (Å²) in [5, 5.41) is 2.37. The highest BCUT2D eigenvalue weighted by molar-refractivity contribution is 7.85. The molecule has 0 saturated heterocycles. The van der Waals surface area contributed by atoms with Crippen molar-refractivity contribution < 1.29 is 22.5 Å². The summed E-state index contributed by atoms with van der Waals surface area (Å²) in [4.78, 5) is 11.3. The first-order valence-electron chi connectivity index (χ1n) is 5.56. The average Bonchev–Trinajstić information content (AvgIpc) is 2.39. The summed E-state index contributed by atoms with van der Waals surface area (Å²) < 4.78 is 35.8. The van der Waals surface area contributed by atoms with Gasteiger partial charge in [0, 0.05) is 5.69 Å². The Bertz CT molecular complexity index is 713. The lowest BCUT2D eigenvalue weighted by atomic mass is 10.3. The topological polar surface area (TPSA) is 92.7 Å². The maximum atomic E-state index is 11.6. The van der Waals surface area contributed by atoms with E-state index in [0.29, 0.717) is 5.75 Å². The Labute approximate surface area is 115 Å². The maximum absolute atomic E-state index is 11.6. The first-order valence-corrected chi connectivity index (χ1v) is 7.00. The van der Waals surface area contributed by atoms with Gasteiger partial charge < -0.3 is 4.74 Å². The van der Waals surface area contributed by atoms with Crippen LogP contribution in [0.1, 0.15) is 0 Å². The molecule has 2 aromatic rings. The van der Waals surface area contributed by atoms with Crippen LogP contribution in [-0.4, -0.2) is 19.1 Å². The van der Waals surface area contributed by atoms with Crippen molar-refractivity contribution in [2.45, 2.75) is 4.90 Å². The van der Waals surface area contributed by atoms with E-state index in [1.54, 1.807) is 30.3 Å². The number of ether oxygens (including phenoxy) is 1. The summed E-state index contributed by atoms with van der Waals surface area (Å²) in [6, 6.07) is 13.6. The molecule has 6 nitrogen and oxygen atoms in total. The van der Waals surface area contributed by atoms with Crippen LogP contribution in [0.4, 0.5) is 10.5 Å². The summed E-state index contributed by atoms with van der Waals surface area (Å²) in [6.45, 7) is 0. The molecule has 1 amide bonds. The number of carbonyl (C=O) groups excluding carboxylic acids is 1. The molecule has 0 aliphatic carbocycles. The van der Waals surface area contributed by atoms with E-state index in [1.165, 1.54) is 18.2 Å². The van der Waals surface area contributed by atoms with Crippen molar-refractivity contribution in [1.29, 1.82) is 0 Å². The quantitative estimate of drug-likeness (QED) is 0.848. The zero-order chi connectivity index (χ0) is 14.6. The molecule has 0 fully saturated rings. The van der Waals surface area contributed by atoms with Gasteiger partial charge in [-0.15, -0.1) is 0 Å². The molecule has 2 rings (SSSR count). The third-order valence-electron chi connectivity index (χ3n) is 2.33. The lowest BCUT2D eigenvalue weighted by Gasteiger charge is -2.07. The lowest BCUT2D eigenvalue weighted by molar-refractivity contribution is 0.215. The number of benzene rings is 2. The van der Waals surface area contributed by atoms with Crippen LogP contribution >= 0.6 is 0 Å². The van der Waals surface area contributed by atoms with Gasteiger partial charge in [0.25, 0.3) is 10.1 Å². The fraction of sp³-hybridized carbons (Fsp3) is 0. The van der Waals surface area contributed by atoms with Crippen LogP contribution in [-0.2, 0) is 10.1 Å². The number of amides is 1. The van der Waals surface area contributed by atoms with Crippen molar-refractivity contribution in [2.75, 3.05) is 5.32 Å². The standard InChI is InChI=1S/C13H11NO5S/c15-13(19-11-6-2-1-3-7-11)14-10-5-4-8-12(9-10)20(16,17)18/h1-9H,(H,14,15)(H,16,17,18). The third kappa shape index (κ3) is 3.81. The average molecular weight is 293 g/mol. The highest BCUT2D eigenvalue weighted by Crippen LogP contribution is 2.16. The van der Waals surface area contributed by atoms with Crippen LogP contribution in [0.2, 0.25) is 0 Å². The predicted molar refractivity (Wildman–Crippen MR) is 72.3 cm³/mol. The van der Waals surface area contributed by atoms with Gasteiger partial charge in [-0.3, -0.25) is 9.87 Å². The molecule has 104 valence electrons. The molecule has 0 unspecified atom stereocenters. The Kier molecular flexibility index (Phi) is 4.02. The highest BCUT2D eigenvalue weighted by Gasteiger charge is 2.11. The van der Waals surface area contributed by atoms with Gasteiger partial charge in [-0.2, -0.15) is 8.42 Å². The number of hydrogen-bond donors (Lipinski definition) is 2. The maximum Gasteiger partial charge on any atom is 0.417 e. The monoisotopic (exact) mass is 293 g/mol. The Morgan fingerprint density at radius 1 is 1.05 bits per heavy atom. The van der Waals surface area contributed by atoms with E-state index >= 15 is 0 Å². The van der Waals surface area contributed by atoms with E-state index in [9.17, 15) is 13.2 Å². The molecular weight excluding hydrogens is 282 g/mol. The van der Waals surface area contributed by atoms with Crippen LogP contribution in [0.15, 0.2) is 59.5 Å². The molecule has 20 heavy (non-hydrogen) atoms. The Hall–Kier alpha value is -2.38. The first kappa shape index (κ1) is 14.0. The summed E-state index contributed by atoms with van der Waals surface area (Å²) in [5.74, 6) is 0.357. The summed E-state index contributed by atoms with van der Waals surface area (Å²) in [6.07, 6.45) is -0.760. The van der Waals surface area contributed by atoms with E-state index in [2.05, 4.69) is 5.32 Å². The molecule has 0 heterocycles. The minimum absolute atomic E-state index is 0.195. The minimum atomic E-state index is -4.31. The highest BCUT2D eigenvalue weighted by atomic mass is 32.2. The normalized spacial score (nSPS) is 10.8. The molecule has 0 radical (unpaired) electrons. The molecule has 2 aromatic carbocycles. The number of nitrogens with one attached hydrogen (secondary N) is 1. The zero-order valence-electron chi connectivity index (χ0n) is 10.2. The third-order valence-corrected chi connectivity index (χ3v) is 3.18. The molecule has 7 heteroatoms. The number of carbonyl (C=O) groups is 1. The van der Waals surface area contributed by atoms with Gasteiger partial charge in [-0.1, -0.05) is 24.3 Å². The van der Waals surface area contributed by atoms with Crippen molar-refractivity contribution >= 4 is 21.9 Å². The van der Waals surface area contributed by atoms with E-state index < -0.39 is 16.2 Å². The number of para-hydroxylation sites is 1. The number of anilines is 1. The molecular formula is C13H11NO5S. The molecule has 0 spiro atoms. The summed E-state index contributed by atoms with van der Waals surface area (Å²) in [7, 11) is -4.31. The Morgan fingerprint density at radius 3 is 2.40 bits per heavy atom. The zero-order valence-corrected chi connectivity index (χ0v) is 11.0. The van der Waals surface area contributed by atoms with E-state index in [-0.39, 0.29) is 10.6 Å². The molecule has 0 aliphatic heterocycles. The van der Waals surface area contributed by atoms with Gasteiger partial charge >= 0.3 is 6.09 Å². The Morgan fingerprint density at radius 2 is 1.75 bits per heavy atom. The fourth-order valence-corrected chi connectivity index (χ4v) is 2.00. The lowest BCUT2D eigenvalue weighted by Crippen LogP contribution is -2.16. The van der Waals surface area contributed by atoms with Crippen LogP contribution in [0.3, 0.4) is 0 Å². The first-order chi connectivity index (χ1) is 9.45. The van der Waals surface area contributed by atoms with Gasteiger partial charge in [0.1, 0.15) is 5.75 Å². The van der Waals surface area contributed by atoms with Gasteiger partial charge in [0.05, 0.1) is 4.90 Å². The Balaban J connectivity index is 2.09. The molecule has 0 aromatic heterocycles. The molecule has 0 aliphatic rings. The minimum Gasteiger partial charge on any atom is -0.410 e. The van der Waals surface area contributed by atoms with Gasteiger partial charge in [-0.25, -0.2) is 4.79 Å². The van der Waals surface area contributed by atoms with Crippen molar-refractivity contribution in [3.05, 3.63) is 54.6 Å². The van der Waals surface area contributed by atoms with Crippen LogP contribution < -0.4 is 10.1 Å². The molecule has 0 saturated carbocycles. The largest absolute Gasteiger partial charge is 0.417 e. The second kappa shape index (κ2) is 5.72. The van der Waals surface area contributed by atoms with Crippen LogP contribution in [0, 0.1) is 0 Å². The van der Waals surface area contributed by atoms with Crippen molar-refractivity contribution in [3.8, 4) is 5.75 Å². The SMILES string of the molecule is O=C(Nc1cccc(S(=O)(=O)O)c1)Oc1ccccc1. The van der Waals surface area contributed by atoms with E-state index in [0.717, 1.165) is 6.07 Å². The van der Waals surface area contributed by atoms with Crippen molar-refractivity contribution in [3.63, 3.8) is 0 Å². The van der Waals surface area contributed by atoms with E-state index in [1.807, 2.05) is 0 Å². The van der Waals surface area contributed by atoms with Gasteiger partial charge in [-0.05, 0) is 30.3 Å². The molecule has 0 bridgehead atoms. The number of rotatable bonds is 3. The summed E-state index contributed by atoms with van der Waals surface area (Å²) in [5.41, 5.74) is 0.195. The van der Waals surface area contributed by atoms with Crippen molar-refractivity contribution in [1.82, 2.24) is 0 Å².